The number of para-hydroxylation sites is 1. The van der Waals surface area contributed by atoms with Gasteiger partial charge in [0.15, 0.2) is 9.84 Å². The Bertz CT molecular complexity index is 899. The molecule has 0 amide bonds. The van der Waals surface area contributed by atoms with E-state index in [2.05, 4.69) is 9.97 Å². The molecule has 0 atom stereocenters. The molecule has 4 nitrogen and oxygen atoms in total. The Morgan fingerprint density at radius 3 is 2.52 bits per heavy atom. The second kappa shape index (κ2) is 4.96. The van der Waals surface area contributed by atoms with Gasteiger partial charge < -0.3 is 4.98 Å². The molecule has 1 aromatic heterocycles. The zero-order valence-electron chi connectivity index (χ0n) is 11.3. The molecule has 6 heteroatoms. The maximum Gasteiger partial charge on any atom is 0.177 e. The van der Waals surface area contributed by atoms with E-state index in [-0.39, 0.29) is 10.7 Å². The lowest BCUT2D eigenvalue weighted by molar-refractivity contribution is 0.602. The van der Waals surface area contributed by atoms with Gasteiger partial charge in [0.2, 0.25) is 0 Å². The molecular weight excluding hydrogens is 291 g/mol. The second-order valence-electron chi connectivity index (χ2n) is 4.91. The van der Waals surface area contributed by atoms with Crippen LogP contribution in [0, 0.1) is 5.82 Å². The summed E-state index contributed by atoms with van der Waals surface area (Å²) in [7, 11) is -3.33. The second-order valence-corrected chi connectivity index (χ2v) is 6.90. The van der Waals surface area contributed by atoms with Gasteiger partial charge in [-0.1, -0.05) is 18.2 Å². The molecule has 0 fully saturated rings. The number of nitrogens with zero attached hydrogens (tertiary/aromatic N) is 1. The third-order valence-electron chi connectivity index (χ3n) is 3.21. The van der Waals surface area contributed by atoms with Crippen LogP contribution < -0.4 is 0 Å². The van der Waals surface area contributed by atoms with Crippen LogP contribution in [-0.2, 0) is 16.3 Å². The third kappa shape index (κ3) is 2.80. The van der Waals surface area contributed by atoms with E-state index in [1.54, 1.807) is 30.3 Å². The number of nitrogens with one attached hydrogen (secondary N) is 1. The van der Waals surface area contributed by atoms with Gasteiger partial charge in [-0.15, -0.1) is 0 Å². The van der Waals surface area contributed by atoms with E-state index in [4.69, 9.17) is 0 Å². The lowest BCUT2D eigenvalue weighted by atomic mass is 10.1. The van der Waals surface area contributed by atoms with Gasteiger partial charge in [0.05, 0.1) is 10.4 Å². The number of imidazole rings is 1. The van der Waals surface area contributed by atoms with Crippen LogP contribution in [-0.4, -0.2) is 24.6 Å². The Hall–Kier alpha value is -2.21. The highest BCUT2D eigenvalue weighted by molar-refractivity contribution is 7.91. The minimum absolute atomic E-state index is 0.210. The quantitative estimate of drug-likeness (QED) is 0.809. The summed E-state index contributed by atoms with van der Waals surface area (Å²) < 4.78 is 36.4. The Balaban J connectivity index is 2.03. The van der Waals surface area contributed by atoms with Crippen LogP contribution in [0.25, 0.3) is 11.0 Å². The summed E-state index contributed by atoms with van der Waals surface area (Å²) in [5.41, 5.74) is 2.02. The molecule has 1 heterocycles. The fourth-order valence-electron chi connectivity index (χ4n) is 2.24. The Morgan fingerprint density at radius 2 is 1.86 bits per heavy atom. The zero-order valence-corrected chi connectivity index (χ0v) is 12.1. The molecule has 0 saturated carbocycles. The lowest BCUT2D eigenvalue weighted by Crippen LogP contribution is -1.98. The number of rotatable bonds is 3. The van der Waals surface area contributed by atoms with E-state index in [1.807, 2.05) is 0 Å². The zero-order chi connectivity index (χ0) is 15.0. The SMILES string of the molecule is CS(=O)(=O)c1cccc2[nH]c(Cc3ccc(F)cc3)nc12. The van der Waals surface area contributed by atoms with Crippen LogP contribution in [0.1, 0.15) is 11.4 Å². The van der Waals surface area contributed by atoms with Crippen LogP contribution >= 0.6 is 0 Å². The first kappa shape index (κ1) is 13.8. The number of hydrogen-bond donors (Lipinski definition) is 1. The molecule has 0 bridgehead atoms. The van der Waals surface area contributed by atoms with Crippen molar-refractivity contribution in [1.29, 1.82) is 0 Å². The summed E-state index contributed by atoms with van der Waals surface area (Å²) in [5.74, 6) is 0.357. The number of aromatic amines is 1. The number of sulfone groups is 1. The van der Waals surface area contributed by atoms with Gasteiger partial charge >= 0.3 is 0 Å². The summed E-state index contributed by atoms with van der Waals surface area (Å²) in [6.07, 6.45) is 1.65. The van der Waals surface area contributed by atoms with E-state index in [9.17, 15) is 12.8 Å². The van der Waals surface area contributed by atoms with E-state index in [1.165, 1.54) is 12.1 Å². The number of fused-ring (bicyclic) bond motifs is 1. The van der Waals surface area contributed by atoms with Crippen molar-refractivity contribution >= 4 is 20.9 Å². The number of hydrogen-bond acceptors (Lipinski definition) is 3. The smallest absolute Gasteiger partial charge is 0.177 e. The Morgan fingerprint density at radius 1 is 1.14 bits per heavy atom. The molecule has 0 saturated heterocycles. The van der Waals surface area contributed by atoms with Crippen molar-refractivity contribution in [1.82, 2.24) is 9.97 Å². The van der Waals surface area contributed by atoms with E-state index >= 15 is 0 Å². The van der Waals surface area contributed by atoms with Crippen molar-refractivity contribution in [3.8, 4) is 0 Å². The maximum atomic E-state index is 12.9. The molecule has 3 aromatic rings. The highest BCUT2D eigenvalue weighted by atomic mass is 32.2. The highest BCUT2D eigenvalue weighted by Gasteiger charge is 2.15. The minimum atomic E-state index is -3.33. The van der Waals surface area contributed by atoms with Crippen molar-refractivity contribution < 1.29 is 12.8 Å². The minimum Gasteiger partial charge on any atom is -0.342 e. The van der Waals surface area contributed by atoms with Gasteiger partial charge in [-0.05, 0) is 29.8 Å². The van der Waals surface area contributed by atoms with Gasteiger partial charge in [0.25, 0.3) is 0 Å². The fourth-order valence-corrected chi connectivity index (χ4v) is 3.07. The molecule has 0 aliphatic carbocycles. The van der Waals surface area contributed by atoms with Crippen molar-refractivity contribution in [3.05, 3.63) is 59.7 Å². The fraction of sp³-hybridized carbons (Fsp3) is 0.133. The van der Waals surface area contributed by atoms with E-state index in [0.717, 1.165) is 11.8 Å². The molecule has 2 aromatic carbocycles. The summed E-state index contributed by atoms with van der Waals surface area (Å²) in [6, 6.07) is 11.1. The summed E-state index contributed by atoms with van der Waals surface area (Å²) in [4.78, 5) is 7.68. The standard InChI is InChI=1S/C15H13FN2O2S/c1-21(19,20)13-4-2-3-12-15(13)18-14(17-12)9-10-5-7-11(16)8-6-10/h2-8H,9H2,1H3,(H,17,18). The van der Waals surface area contributed by atoms with Crippen molar-refractivity contribution in [2.75, 3.05) is 6.26 Å². The molecule has 0 radical (unpaired) electrons. The van der Waals surface area contributed by atoms with Crippen LogP contribution in [0.3, 0.4) is 0 Å². The average molecular weight is 304 g/mol. The molecule has 0 spiro atoms. The van der Waals surface area contributed by atoms with Gasteiger partial charge in [-0.2, -0.15) is 0 Å². The van der Waals surface area contributed by atoms with Gasteiger partial charge in [-0.3, -0.25) is 0 Å². The molecule has 0 aliphatic heterocycles. The van der Waals surface area contributed by atoms with Crippen molar-refractivity contribution in [3.63, 3.8) is 0 Å². The van der Waals surface area contributed by atoms with Crippen LogP contribution in [0.4, 0.5) is 4.39 Å². The van der Waals surface area contributed by atoms with E-state index in [0.29, 0.717) is 23.3 Å². The molecule has 108 valence electrons. The lowest BCUT2D eigenvalue weighted by Gasteiger charge is -1.98. The largest absolute Gasteiger partial charge is 0.342 e. The normalized spacial score (nSPS) is 11.9. The van der Waals surface area contributed by atoms with Crippen molar-refractivity contribution in [2.45, 2.75) is 11.3 Å². The topological polar surface area (TPSA) is 62.8 Å². The summed E-state index contributed by atoms with van der Waals surface area (Å²) in [6.45, 7) is 0. The number of halogens is 1. The van der Waals surface area contributed by atoms with Crippen molar-refractivity contribution in [2.24, 2.45) is 0 Å². The third-order valence-corrected chi connectivity index (χ3v) is 4.34. The predicted octanol–water partition coefficient (Wildman–Crippen LogP) is 2.70. The number of aromatic nitrogens is 2. The molecular formula is C15H13FN2O2S. The van der Waals surface area contributed by atoms with Gasteiger partial charge in [-0.25, -0.2) is 17.8 Å². The molecule has 0 unspecified atom stereocenters. The molecule has 0 aliphatic rings. The van der Waals surface area contributed by atoms with Crippen LogP contribution in [0.2, 0.25) is 0 Å². The average Bonchev–Trinajstić information content (AvgIpc) is 2.82. The number of H-pyrrole nitrogens is 1. The Labute approximate surface area is 121 Å². The molecule has 3 rings (SSSR count). The first-order valence-electron chi connectivity index (χ1n) is 6.35. The first-order valence-corrected chi connectivity index (χ1v) is 8.25. The van der Waals surface area contributed by atoms with Crippen LogP contribution in [0.5, 0.6) is 0 Å². The summed E-state index contributed by atoms with van der Waals surface area (Å²) in [5, 5.41) is 0. The Kier molecular flexibility index (Phi) is 3.25. The van der Waals surface area contributed by atoms with Gasteiger partial charge in [0, 0.05) is 12.7 Å². The maximum absolute atomic E-state index is 12.9. The molecule has 1 N–H and O–H groups in total. The monoisotopic (exact) mass is 304 g/mol. The summed E-state index contributed by atoms with van der Waals surface area (Å²) >= 11 is 0. The first-order chi connectivity index (χ1) is 9.93. The highest BCUT2D eigenvalue weighted by Crippen LogP contribution is 2.22. The van der Waals surface area contributed by atoms with Crippen LogP contribution in [0.15, 0.2) is 47.4 Å². The predicted molar refractivity (Wildman–Crippen MR) is 78.4 cm³/mol. The molecule has 21 heavy (non-hydrogen) atoms. The van der Waals surface area contributed by atoms with Gasteiger partial charge in [0.1, 0.15) is 17.2 Å². The number of benzene rings is 2. The van der Waals surface area contributed by atoms with E-state index < -0.39 is 9.84 Å².